The lowest BCUT2D eigenvalue weighted by molar-refractivity contribution is 0.0877. The van der Waals surface area contributed by atoms with Crippen molar-refractivity contribution in [3.8, 4) is 0 Å². The average molecular weight is 999 g/mol. The van der Waals surface area contributed by atoms with Crippen molar-refractivity contribution < 1.29 is 19.2 Å². The summed E-state index contributed by atoms with van der Waals surface area (Å²) in [5.41, 5.74) is 6.16. The molecule has 7 aromatic carbocycles. The van der Waals surface area contributed by atoms with Crippen molar-refractivity contribution in [1.82, 2.24) is 0 Å². The molecule has 7 aromatic rings. The molecule has 0 bridgehead atoms. The second-order valence-electron chi connectivity index (χ2n) is 24.6. The predicted molar refractivity (Wildman–Crippen MR) is 307 cm³/mol. The molecule has 0 fully saturated rings. The normalized spacial score (nSPS) is 14.7. The van der Waals surface area contributed by atoms with Crippen LogP contribution in [-0.4, -0.2) is 35.1 Å². The average Bonchev–Trinajstić information content (AvgIpc) is 3.30. The van der Waals surface area contributed by atoms with Gasteiger partial charge in [-0.2, -0.15) is 0 Å². The van der Waals surface area contributed by atoms with Gasteiger partial charge in [0, 0.05) is 47.8 Å². The summed E-state index contributed by atoms with van der Waals surface area (Å²) in [6.45, 7) is 30.2. The van der Waals surface area contributed by atoms with Crippen LogP contribution in [0.5, 0.6) is 0 Å². The molecule has 0 saturated heterocycles. The maximum Gasteiger partial charge on any atom is 0.266 e. The Hall–Kier alpha value is -5.18. The molecule has 4 amide bonds. The lowest BCUT2D eigenvalue weighted by atomic mass is 9.79. The molecular formula is C64H74N2O4S2. The standard InChI is InChI=1S/C64H74N2O4S2/c1-15-17-19-21-31-71-49-35-43-53-44(60(70)66(59(43)69)48-34-38(62(6,7)8)24-30-46(48)64(12,13)14)36-50(72-32-22-20-18-16-2)55-40-26-28-42-52-41(27-25-39(51(40)52)54(49)56(53)55)57(67)65(58(42)68)47-33-37(61(3,4)5)23-29-45(47)63(9,10)11/h23-30,33-36H,15-22,31-32H2,1-14H3. The van der Waals surface area contributed by atoms with Gasteiger partial charge in [0.25, 0.3) is 23.6 Å². The Labute approximate surface area is 436 Å². The predicted octanol–water partition coefficient (Wildman–Crippen LogP) is 17.9. The smallest absolute Gasteiger partial charge is 0.266 e. The topological polar surface area (TPSA) is 74.8 Å². The quantitative estimate of drug-likeness (QED) is 0.0355. The number of carbonyl (C=O) groups is 4. The lowest BCUT2D eigenvalue weighted by Crippen LogP contribution is -2.42. The minimum absolute atomic E-state index is 0.210. The van der Waals surface area contributed by atoms with E-state index in [0.29, 0.717) is 44.4 Å². The molecule has 0 atom stereocenters. The number of imide groups is 2. The molecule has 0 unspecified atom stereocenters. The molecule has 2 aliphatic rings. The molecule has 6 nitrogen and oxygen atoms in total. The summed E-state index contributed by atoms with van der Waals surface area (Å²) >= 11 is 3.55. The number of carbonyl (C=O) groups excluding carboxylic acids is 4. The third-order valence-electron chi connectivity index (χ3n) is 15.1. The Bertz CT molecular complexity index is 3220. The van der Waals surface area contributed by atoms with E-state index in [1.807, 2.05) is 18.2 Å². The molecule has 8 heteroatoms. The van der Waals surface area contributed by atoms with Gasteiger partial charge in [-0.15, -0.1) is 23.5 Å². The molecule has 376 valence electrons. The van der Waals surface area contributed by atoms with Crippen LogP contribution in [0, 0.1) is 0 Å². The summed E-state index contributed by atoms with van der Waals surface area (Å²) in [4.78, 5) is 66.9. The van der Waals surface area contributed by atoms with E-state index in [9.17, 15) is 0 Å². The highest BCUT2D eigenvalue weighted by atomic mass is 32.2. The van der Waals surface area contributed by atoms with Crippen LogP contribution < -0.4 is 9.80 Å². The maximum absolute atomic E-state index is 15.7. The largest absolute Gasteiger partial charge is 0.268 e. The summed E-state index contributed by atoms with van der Waals surface area (Å²) in [5, 5.41) is 6.95. The Balaban J connectivity index is 1.35. The van der Waals surface area contributed by atoms with Gasteiger partial charge in [-0.25, -0.2) is 9.80 Å². The van der Waals surface area contributed by atoms with Gasteiger partial charge in [0.05, 0.1) is 22.5 Å². The summed E-state index contributed by atoms with van der Waals surface area (Å²) in [6.07, 6.45) is 8.81. The zero-order valence-electron chi connectivity index (χ0n) is 45.3. The molecule has 0 N–H and O–H groups in total. The van der Waals surface area contributed by atoms with E-state index >= 15 is 19.2 Å². The van der Waals surface area contributed by atoms with E-state index in [4.69, 9.17) is 0 Å². The first-order valence-corrected chi connectivity index (χ1v) is 28.5. The van der Waals surface area contributed by atoms with Crippen molar-refractivity contribution in [2.24, 2.45) is 0 Å². The van der Waals surface area contributed by atoms with Crippen molar-refractivity contribution in [3.05, 3.63) is 117 Å². The highest BCUT2D eigenvalue weighted by Gasteiger charge is 2.42. The van der Waals surface area contributed by atoms with E-state index < -0.39 is 0 Å². The Morgan fingerprint density at radius 1 is 0.375 bits per heavy atom. The van der Waals surface area contributed by atoms with Gasteiger partial charge in [0.2, 0.25) is 0 Å². The number of unbranched alkanes of at least 4 members (excludes halogenated alkanes) is 6. The van der Waals surface area contributed by atoms with E-state index in [-0.39, 0.29) is 45.3 Å². The van der Waals surface area contributed by atoms with Gasteiger partial charge in [-0.1, -0.05) is 172 Å². The van der Waals surface area contributed by atoms with Gasteiger partial charge < -0.3 is 0 Å². The second kappa shape index (κ2) is 18.9. The number of fused-ring (bicyclic) bond motifs is 2. The van der Waals surface area contributed by atoms with Crippen LogP contribution in [0.4, 0.5) is 11.4 Å². The Morgan fingerprint density at radius 2 is 0.750 bits per heavy atom. The van der Waals surface area contributed by atoms with Gasteiger partial charge in [0.1, 0.15) is 0 Å². The zero-order valence-corrected chi connectivity index (χ0v) is 47.0. The summed E-state index contributed by atoms with van der Waals surface area (Å²) in [6, 6.07) is 24.7. The van der Waals surface area contributed by atoms with Crippen LogP contribution in [0.15, 0.2) is 82.6 Å². The SMILES string of the molecule is CCCCCCSc1cc2c3c(cc(SCCCCCC)c4c5ccc6c7c(ccc(c1c34)c75)C(=O)N(c1cc(C(C)(C)C)ccc1C(C)(C)C)C6=O)C(=O)N(c1cc(C(C)(C)C)ccc1C(C)(C)C)C2=O. The van der Waals surface area contributed by atoms with E-state index in [2.05, 4.69) is 152 Å². The Morgan fingerprint density at radius 3 is 1.11 bits per heavy atom. The fraction of sp³-hybridized carbons (Fsp3) is 0.438. The van der Waals surface area contributed by atoms with Crippen molar-refractivity contribution in [1.29, 1.82) is 0 Å². The van der Waals surface area contributed by atoms with Gasteiger partial charge in [-0.05, 0) is 121 Å². The van der Waals surface area contributed by atoms with Crippen LogP contribution in [0.2, 0.25) is 0 Å². The number of benzene rings is 7. The van der Waals surface area contributed by atoms with Crippen LogP contribution in [-0.2, 0) is 21.7 Å². The highest BCUT2D eigenvalue weighted by Crippen LogP contribution is 2.53. The number of hydrogen-bond acceptors (Lipinski definition) is 6. The summed E-state index contributed by atoms with van der Waals surface area (Å²) in [5.74, 6) is 0.421. The molecule has 2 heterocycles. The van der Waals surface area contributed by atoms with Gasteiger partial charge in [-0.3, -0.25) is 19.2 Å². The molecule has 9 rings (SSSR count). The summed E-state index contributed by atoms with van der Waals surface area (Å²) < 4.78 is 0. The van der Waals surface area contributed by atoms with Crippen molar-refractivity contribution >= 4 is 102 Å². The number of rotatable bonds is 14. The lowest BCUT2D eigenvalue weighted by Gasteiger charge is -2.35. The van der Waals surface area contributed by atoms with E-state index in [0.717, 1.165) is 127 Å². The van der Waals surface area contributed by atoms with Gasteiger partial charge >= 0.3 is 0 Å². The van der Waals surface area contributed by atoms with E-state index in [1.54, 1.807) is 23.5 Å². The highest BCUT2D eigenvalue weighted by molar-refractivity contribution is 7.99. The van der Waals surface area contributed by atoms with Crippen LogP contribution in [0.25, 0.3) is 43.1 Å². The first-order valence-electron chi connectivity index (χ1n) is 26.5. The van der Waals surface area contributed by atoms with Crippen molar-refractivity contribution in [3.63, 3.8) is 0 Å². The molecule has 0 saturated carbocycles. The summed E-state index contributed by atoms with van der Waals surface area (Å²) in [7, 11) is 0. The molecular weight excluding hydrogens is 925 g/mol. The number of amides is 4. The molecule has 72 heavy (non-hydrogen) atoms. The van der Waals surface area contributed by atoms with Crippen LogP contribution >= 0.6 is 23.5 Å². The van der Waals surface area contributed by atoms with Crippen LogP contribution in [0.1, 0.15) is 212 Å². The van der Waals surface area contributed by atoms with Crippen molar-refractivity contribution in [2.45, 2.75) is 180 Å². The zero-order chi connectivity index (χ0) is 52.0. The fourth-order valence-corrected chi connectivity index (χ4v) is 13.4. The molecule has 0 radical (unpaired) electrons. The second-order valence-corrected chi connectivity index (χ2v) is 26.9. The van der Waals surface area contributed by atoms with Crippen LogP contribution in [0.3, 0.4) is 0 Å². The van der Waals surface area contributed by atoms with Gasteiger partial charge in [0.15, 0.2) is 0 Å². The number of hydrogen-bond donors (Lipinski definition) is 0. The molecule has 0 aliphatic carbocycles. The molecule has 0 aromatic heterocycles. The number of nitrogens with zero attached hydrogens (tertiary/aromatic N) is 2. The minimum atomic E-state index is -0.358. The monoisotopic (exact) mass is 999 g/mol. The van der Waals surface area contributed by atoms with Crippen molar-refractivity contribution in [2.75, 3.05) is 21.3 Å². The molecule has 2 aliphatic heterocycles. The fourth-order valence-electron chi connectivity index (χ4n) is 11.1. The minimum Gasteiger partial charge on any atom is -0.268 e. The third-order valence-corrected chi connectivity index (χ3v) is 17.4. The maximum atomic E-state index is 15.7. The first-order chi connectivity index (χ1) is 33.9. The Kier molecular flexibility index (Phi) is 13.6. The number of thioether (sulfide) groups is 2. The molecule has 0 spiro atoms. The van der Waals surface area contributed by atoms with E-state index in [1.165, 1.54) is 9.80 Å². The first kappa shape index (κ1) is 51.7. The number of anilines is 2. The third kappa shape index (κ3) is 8.84.